The van der Waals surface area contributed by atoms with Crippen LogP contribution in [0.4, 0.5) is 5.82 Å². The molecule has 3 aliphatic heterocycles. The van der Waals surface area contributed by atoms with E-state index in [2.05, 4.69) is 27.8 Å². The molecule has 2 bridgehead atoms. The fraction of sp³-hybridized carbons (Fsp3) is 0.750. The number of anilines is 1. The highest BCUT2D eigenvalue weighted by molar-refractivity contribution is 5.81. The van der Waals surface area contributed by atoms with E-state index in [0.29, 0.717) is 11.9 Å². The van der Waals surface area contributed by atoms with Crippen LogP contribution in [-0.2, 0) is 11.2 Å². The van der Waals surface area contributed by atoms with Crippen molar-refractivity contribution in [3.63, 3.8) is 0 Å². The number of fused-ring (bicyclic) bond motifs is 4. The Morgan fingerprint density at radius 3 is 2.72 bits per heavy atom. The molecule has 4 aliphatic rings. The lowest BCUT2D eigenvalue weighted by Gasteiger charge is -2.40. The maximum Gasteiger partial charge on any atom is 0.227 e. The molecule has 0 unspecified atom stereocenters. The zero-order valence-electron chi connectivity index (χ0n) is 15.6. The highest BCUT2D eigenvalue weighted by Crippen LogP contribution is 2.35. The maximum atomic E-state index is 13.0. The number of rotatable bonds is 5. The van der Waals surface area contributed by atoms with Crippen LogP contribution < -0.4 is 4.90 Å². The molecule has 1 aromatic heterocycles. The summed E-state index contributed by atoms with van der Waals surface area (Å²) in [4.78, 5) is 26.8. The van der Waals surface area contributed by atoms with Gasteiger partial charge in [-0.05, 0) is 44.9 Å². The van der Waals surface area contributed by atoms with Gasteiger partial charge in [0.15, 0.2) is 0 Å². The van der Waals surface area contributed by atoms with Crippen molar-refractivity contribution in [2.24, 2.45) is 11.8 Å². The van der Waals surface area contributed by atoms with Crippen LogP contribution in [0.1, 0.15) is 57.0 Å². The lowest BCUT2D eigenvalue weighted by molar-refractivity contribution is -0.141. The van der Waals surface area contributed by atoms with E-state index in [-0.39, 0.29) is 5.92 Å². The minimum atomic E-state index is 0.142. The van der Waals surface area contributed by atoms with Crippen molar-refractivity contribution < 1.29 is 4.79 Å². The first-order chi connectivity index (χ1) is 12.1. The SMILES string of the molecule is CCCc1cc(N2C[C@H]3CC[C@@H](C2)N(CC2CCC2)C3=O)nc(C)n1. The Bertz CT molecular complexity index is 643. The van der Waals surface area contributed by atoms with Crippen LogP contribution in [0.5, 0.6) is 0 Å². The molecule has 5 nitrogen and oxygen atoms in total. The fourth-order valence-electron chi connectivity index (χ4n) is 4.58. The van der Waals surface area contributed by atoms with Gasteiger partial charge in [-0.2, -0.15) is 0 Å². The van der Waals surface area contributed by atoms with E-state index < -0.39 is 0 Å². The Labute approximate surface area is 150 Å². The number of aryl methyl sites for hydroxylation is 2. The highest BCUT2D eigenvalue weighted by Gasteiger charge is 2.42. The quantitative estimate of drug-likeness (QED) is 0.825. The highest BCUT2D eigenvalue weighted by atomic mass is 16.2. The Hall–Kier alpha value is -1.65. The van der Waals surface area contributed by atoms with Crippen LogP contribution in [0.15, 0.2) is 6.07 Å². The Morgan fingerprint density at radius 2 is 2.00 bits per heavy atom. The molecule has 0 aromatic carbocycles. The number of amides is 1. The van der Waals surface area contributed by atoms with Gasteiger partial charge >= 0.3 is 0 Å². The molecule has 0 N–H and O–H groups in total. The van der Waals surface area contributed by atoms with Gasteiger partial charge in [-0.15, -0.1) is 0 Å². The van der Waals surface area contributed by atoms with Crippen molar-refractivity contribution in [1.29, 1.82) is 0 Å². The minimum absolute atomic E-state index is 0.142. The summed E-state index contributed by atoms with van der Waals surface area (Å²) in [6, 6.07) is 2.50. The second kappa shape index (κ2) is 6.93. The van der Waals surface area contributed by atoms with Crippen molar-refractivity contribution in [3.05, 3.63) is 17.6 Å². The fourth-order valence-corrected chi connectivity index (χ4v) is 4.58. The molecule has 4 fully saturated rings. The second-order valence-corrected chi connectivity index (χ2v) is 8.14. The summed E-state index contributed by atoms with van der Waals surface area (Å²) in [6.07, 6.45) is 8.21. The van der Waals surface area contributed by atoms with E-state index in [4.69, 9.17) is 4.98 Å². The molecule has 4 heterocycles. The molecule has 2 atom stereocenters. The van der Waals surface area contributed by atoms with Crippen LogP contribution >= 0.6 is 0 Å². The summed E-state index contributed by atoms with van der Waals surface area (Å²) in [5.74, 6) is 3.14. The molecule has 136 valence electrons. The number of aromatic nitrogens is 2. The number of piperidine rings is 1. The second-order valence-electron chi connectivity index (χ2n) is 8.14. The summed E-state index contributed by atoms with van der Waals surface area (Å²) < 4.78 is 0. The van der Waals surface area contributed by atoms with Gasteiger partial charge in [0.05, 0.1) is 5.92 Å². The maximum absolute atomic E-state index is 13.0. The van der Waals surface area contributed by atoms with E-state index in [1.54, 1.807) is 0 Å². The van der Waals surface area contributed by atoms with Gasteiger partial charge in [-0.25, -0.2) is 9.97 Å². The van der Waals surface area contributed by atoms with Gasteiger partial charge < -0.3 is 9.80 Å². The lowest BCUT2D eigenvalue weighted by atomic mass is 9.83. The summed E-state index contributed by atoms with van der Waals surface area (Å²) in [7, 11) is 0. The first kappa shape index (κ1) is 16.8. The van der Waals surface area contributed by atoms with Crippen LogP contribution in [0.2, 0.25) is 0 Å². The standard InChI is InChI=1S/C20H30N4O/c1-3-5-17-10-19(22-14(2)21-17)23-12-16-8-9-18(13-23)24(20(16)25)11-15-6-4-7-15/h10,15-16,18H,3-9,11-13H2,1-2H3/t16-,18+/m1/s1. The molecule has 0 radical (unpaired) electrons. The topological polar surface area (TPSA) is 49.3 Å². The van der Waals surface area contributed by atoms with Crippen LogP contribution in [0.25, 0.3) is 0 Å². The monoisotopic (exact) mass is 342 g/mol. The van der Waals surface area contributed by atoms with E-state index in [0.717, 1.165) is 68.6 Å². The normalized spacial score (nSPS) is 26.7. The molecule has 1 aliphatic carbocycles. The zero-order chi connectivity index (χ0) is 17.4. The van der Waals surface area contributed by atoms with Crippen LogP contribution in [0, 0.1) is 18.8 Å². The van der Waals surface area contributed by atoms with Crippen molar-refractivity contribution in [1.82, 2.24) is 14.9 Å². The lowest BCUT2D eigenvalue weighted by Crippen LogP contribution is -2.50. The minimum Gasteiger partial charge on any atom is -0.354 e. The van der Waals surface area contributed by atoms with E-state index in [1.807, 2.05) is 6.92 Å². The van der Waals surface area contributed by atoms with Gasteiger partial charge in [0.2, 0.25) is 5.91 Å². The third-order valence-electron chi connectivity index (χ3n) is 6.18. The number of nitrogens with zero attached hydrogens (tertiary/aromatic N) is 4. The van der Waals surface area contributed by atoms with Crippen molar-refractivity contribution in [2.45, 2.75) is 64.8 Å². The summed E-state index contributed by atoms with van der Waals surface area (Å²) >= 11 is 0. The first-order valence-electron chi connectivity index (χ1n) is 10.0. The van der Waals surface area contributed by atoms with Gasteiger partial charge in [-0.3, -0.25) is 4.79 Å². The number of hydrogen-bond donors (Lipinski definition) is 0. The van der Waals surface area contributed by atoms with E-state index in [9.17, 15) is 4.79 Å². The zero-order valence-corrected chi connectivity index (χ0v) is 15.6. The third kappa shape index (κ3) is 3.38. The van der Waals surface area contributed by atoms with Crippen molar-refractivity contribution >= 4 is 11.7 Å². The Kier molecular flexibility index (Phi) is 4.65. The number of carbonyl (C=O) groups excluding carboxylic acids is 1. The van der Waals surface area contributed by atoms with Gasteiger partial charge in [-0.1, -0.05) is 19.8 Å². The van der Waals surface area contributed by atoms with Crippen LogP contribution in [-0.4, -0.2) is 46.5 Å². The molecule has 3 saturated heterocycles. The average molecular weight is 342 g/mol. The first-order valence-corrected chi connectivity index (χ1v) is 10.0. The largest absolute Gasteiger partial charge is 0.354 e. The van der Waals surface area contributed by atoms with E-state index >= 15 is 0 Å². The molecule has 1 aromatic rings. The number of carbonyl (C=O) groups is 1. The van der Waals surface area contributed by atoms with Crippen LogP contribution in [0.3, 0.4) is 0 Å². The molecule has 0 spiro atoms. The summed E-state index contributed by atoms with van der Waals surface area (Å²) in [5.41, 5.74) is 1.12. The predicted octanol–water partition coefficient (Wildman–Crippen LogP) is 2.96. The summed E-state index contributed by atoms with van der Waals surface area (Å²) in [5, 5.41) is 0. The molecule has 5 rings (SSSR count). The number of hydrogen-bond acceptors (Lipinski definition) is 4. The molecular weight excluding hydrogens is 312 g/mol. The molecule has 5 heteroatoms. The molecule has 1 saturated carbocycles. The smallest absolute Gasteiger partial charge is 0.227 e. The summed E-state index contributed by atoms with van der Waals surface area (Å²) in [6.45, 7) is 6.89. The van der Waals surface area contributed by atoms with Gasteiger partial charge in [0, 0.05) is 37.4 Å². The average Bonchev–Trinajstić information content (AvgIpc) is 2.82. The Balaban J connectivity index is 1.56. The molecule has 25 heavy (non-hydrogen) atoms. The molecule has 1 amide bonds. The van der Waals surface area contributed by atoms with Crippen molar-refractivity contribution in [2.75, 3.05) is 24.5 Å². The predicted molar refractivity (Wildman–Crippen MR) is 98.5 cm³/mol. The van der Waals surface area contributed by atoms with Gasteiger partial charge in [0.1, 0.15) is 11.6 Å². The van der Waals surface area contributed by atoms with Gasteiger partial charge in [0.25, 0.3) is 0 Å². The molecular formula is C20H30N4O. The third-order valence-corrected chi connectivity index (χ3v) is 6.18. The Morgan fingerprint density at radius 1 is 1.16 bits per heavy atom. The van der Waals surface area contributed by atoms with Crippen molar-refractivity contribution in [3.8, 4) is 0 Å². The van der Waals surface area contributed by atoms with E-state index in [1.165, 1.54) is 19.3 Å².